The number of aliphatic hydroxyl groups is 1. The molecule has 1 fully saturated rings. The highest BCUT2D eigenvalue weighted by atomic mass is 35.5. The van der Waals surface area contributed by atoms with Crippen molar-refractivity contribution in [2.24, 2.45) is 5.92 Å². The summed E-state index contributed by atoms with van der Waals surface area (Å²) in [4.78, 5) is 19.1. The van der Waals surface area contributed by atoms with E-state index in [-0.39, 0.29) is 23.9 Å². The zero-order valence-electron chi connectivity index (χ0n) is 14.5. The fourth-order valence-electron chi connectivity index (χ4n) is 3.57. The Kier molecular flexibility index (Phi) is 5.04. The van der Waals surface area contributed by atoms with Gasteiger partial charge in [0.05, 0.1) is 27.2 Å². The lowest BCUT2D eigenvalue weighted by Gasteiger charge is -2.17. The molecule has 4 rings (SSSR count). The molecule has 1 amide bonds. The van der Waals surface area contributed by atoms with Gasteiger partial charge in [-0.2, -0.15) is 0 Å². The van der Waals surface area contributed by atoms with Gasteiger partial charge in [0.1, 0.15) is 0 Å². The zero-order valence-corrected chi connectivity index (χ0v) is 16.0. The quantitative estimate of drug-likeness (QED) is 0.715. The van der Waals surface area contributed by atoms with Crippen molar-refractivity contribution in [1.29, 1.82) is 0 Å². The number of rotatable bonds is 3. The second-order valence-corrected chi connectivity index (χ2v) is 7.65. The highest BCUT2D eigenvalue weighted by Crippen LogP contribution is 2.29. The number of hydrogen-bond donors (Lipinski definition) is 1. The van der Waals surface area contributed by atoms with E-state index in [4.69, 9.17) is 23.2 Å². The van der Waals surface area contributed by atoms with Gasteiger partial charge in [0.25, 0.3) is 5.91 Å². The van der Waals surface area contributed by atoms with Gasteiger partial charge in [-0.05, 0) is 30.7 Å². The van der Waals surface area contributed by atoms with Crippen molar-refractivity contribution < 1.29 is 9.90 Å². The van der Waals surface area contributed by atoms with Crippen LogP contribution in [-0.4, -0.2) is 40.1 Å². The van der Waals surface area contributed by atoms with Gasteiger partial charge in [-0.1, -0.05) is 53.5 Å². The molecule has 1 saturated heterocycles. The highest BCUT2D eigenvalue weighted by molar-refractivity contribution is 6.39. The van der Waals surface area contributed by atoms with Gasteiger partial charge in [0, 0.05) is 30.1 Å². The van der Waals surface area contributed by atoms with Gasteiger partial charge < -0.3 is 10.0 Å². The van der Waals surface area contributed by atoms with E-state index in [9.17, 15) is 9.90 Å². The van der Waals surface area contributed by atoms with Crippen LogP contribution in [0.15, 0.2) is 54.6 Å². The summed E-state index contributed by atoms with van der Waals surface area (Å²) in [7, 11) is 0. The Labute approximate surface area is 167 Å². The molecule has 0 unspecified atom stereocenters. The monoisotopic (exact) mass is 400 g/mol. The molecular formula is C21H18Cl2N2O2. The fraction of sp³-hybridized carbons (Fsp3) is 0.238. The van der Waals surface area contributed by atoms with Crippen molar-refractivity contribution >= 4 is 40.0 Å². The number of aliphatic hydroxyl groups excluding tert-OH is 1. The largest absolute Gasteiger partial charge is 0.391 e. The molecule has 1 aliphatic rings. The average Bonchev–Trinajstić information content (AvgIpc) is 3.02. The molecule has 2 aromatic carbocycles. The first-order chi connectivity index (χ1) is 13.0. The summed E-state index contributed by atoms with van der Waals surface area (Å²) in [5.41, 5.74) is 2.12. The van der Waals surface area contributed by atoms with Crippen molar-refractivity contribution in [1.82, 2.24) is 9.88 Å². The predicted octanol–water partition coefficient (Wildman–Crippen LogP) is 4.22. The average molecular weight is 401 g/mol. The number of pyridine rings is 1. The molecular weight excluding hydrogens is 383 g/mol. The summed E-state index contributed by atoms with van der Waals surface area (Å²) in [6.45, 7) is 0.703. The summed E-state index contributed by atoms with van der Waals surface area (Å²) in [6.07, 6.45) is -0.00468. The van der Waals surface area contributed by atoms with Crippen molar-refractivity contribution in [2.75, 3.05) is 13.1 Å². The lowest BCUT2D eigenvalue weighted by Crippen LogP contribution is -2.30. The van der Waals surface area contributed by atoms with E-state index in [1.165, 1.54) is 0 Å². The highest BCUT2D eigenvalue weighted by Gasteiger charge is 2.35. The van der Waals surface area contributed by atoms with Crippen LogP contribution in [0.5, 0.6) is 0 Å². The normalized spacial score (nSPS) is 19.6. The second kappa shape index (κ2) is 7.47. The number of para-hydroxylation sites is 1. The van der Waals surface area contributed by atoms with Gasteiger partial charge in [-0.25, -0.2) is 0 Å². The number of nitrogens with zero attached hydrogens (tertiary/aromatic N) is 2. The molecule has 0 aliphatic carbocycles. The standard InChI is InChI=1S/C21H18Cl2N2O2/c22-16-5-3-6-17(23)20(16)21(27)25-11-14(19(26)12-25)10-15-9-8-13-4-1-2-7-18(13)24-15/h1-9,14,19,26H,10-12H2/t14-,19-/m1/s1. The minimum atomic E-state index is -0.608. The van der Waals surface area contributed by atoms with Gasteiger partial charge >= 0.3 is 0 Å². The SMILES string of the molecule is O=C(c1c(Cl)cccc1Cl)N1C[C@@H](Cc2ccc3ccccc3n2)[C@H](O)C1. The molecule has 2 atom stereocenters. The number of β-amino-alcohol motifs (C(OH)–C–C–N with tert-alkyl or cyclic N) is 1. The van der Waals surface area contributed by atoms with E-state index in [0.717, 1.165) is 16.6 Å². The predicted molar refractivity (Wildman–Crippen MR) is 107 cm³/mol. The van der Waals surface area contributed by atoms with Gasteiger partial charge in [-0.3, -0.25) is 9.78 Å². The Morgan fingerprint density at radius 2 is 1.78 bits per heavy atom. The van der Waals surface area contributed by atoms with E-state index in [1.807, 2.05) is 36.4 Å². The van der Waals surface area contributed by atoms with Crippen LogP contribution in [0.2, 0.25) is 10.0 Å². The molecule has 0 bridgehead atoms. The fourth-order valence-corrected chi connectivity index (χ4v) is 4.13. The first-order valence-corrected chi connectivity index (χ1v) is 9.54. The van der Waals surface area contributed by atoms with Crippen LogP contribution in [-0.2, 0) is 6.42 Å². The number of amides is 1. The molecule has 6 heteroatoms. The van der Waals surface area contributed by atoms with E-state index in [0.29, 0.717) is 23.0 Å². The summed E-state index contributed by atoms with van der Waals surface area (Å²) >= 11 is 12.3. The van der Waals surface area contributed by atoms with Gasteiger partial charge in [0.15, 0.2) is 0 Å². The molecule has 3 aromatic rings. The molecule has 0 spiro atoms. The second-order valence-electron chi connectivity index (χ2n) is 6.83. The van der Waals surface area contributed by atoms with Crippen molar-refractivity contribution in [2.45, 2.75) is 12.5 Å². The molecule has 4 nitrogen and oxygen atoms in total. The summed E-state index contributed by atoms with van der Waals surface area (Å²) in [5.74, 6) is -0.331. The maximum Gasteiger partial charge on any atom is 0.256 e. The Balaban J connectivity index is 1.51. The lowest BCUT2D eigenvalue weighted by atomic mass is 9.99. The minimum absolute atomic E-state index is 0.0797. The van der Waals surface area contributed by atoms with E-state index in [2.05, 4.69) is 4.98 Å². The zero-order chi connectivity index (χ0) is 19.0. The molecule has 27 heavy (non-hydrogen) atoms. The Morgan fingerprint density at radius 1 is 1.04 bits per heavy atom. The number of carbonyl (C=O) groups excluding carboxylic acids is 1. The molecule has 2 heterocycles. The number of carbonyl (C=O) groups is 1. The van der Waals surface area contributed by atoms with E-state index < -0.39 is 6.10 Å². The van der Waals surface area contributed by atoms with Gasteiger partial charge in [0.2, 0.25) is 0 Å². The summed E-state index contributed by atoms with van der Waals surface area (Å²) in [6, 6.07) is 16.9. The molecule has 0 saturated carbocycles. The molecule has 1 aromatic heterocycles. The number of hydrogen-bond acceptors (Lipinski definition) is 3. The van der Waals surface area contributed by atoms with Crippen molar-refractivity contribution in [3.8, 4) is 0 Å². The molecule has 138 valence electrons. The third kappa shape index (κ3) is 3.65. The number of aromatic nitrogens is 1. The molecule has 1 N–H and O–H groups in total. The van der Waals surface area contributed by atoms with Crippen LogP contribution in [0.1, 0.15) is 16.1 Å². The third-order valence-electron chi connectivity index (χ3n) is 5.00. The summed E-state index contributed by atoms with van der Waals surface area (Å²) < 4.78 is 0. The molecule has 0 radical (unpaired) electrons. The summed E-state index contributed by atoms with van der Waals surface area (Å²) in [5, 5.41) is 12.2. The van der Waals surface area contributed by atoms with Crippen LogP contribution < -0.4 is 0 Å². The van der Waals surface area contributed by atoms with Crippen LogP contribution in [0, 0.1) is 5.92 Å². The Bertz CT molecular complexity index is 988. The Hall–Kier alpha value is -2.14. The molecule has 1 aliphatic heterocycles. The van der Waals surface area contributed by atoms with Crippen LogP contribution in [0.25, 0.3) is 10.9 Å². The maximum atomic E-state index is 12.8. The van der Waals surface area contributed by atoms with E-state index in [1.54, 1.807) is 23.1 Å². The van der Waals surface area contributed by atoms with E-state index >= 15 is 0 Å². The van der Waals surface area contributed by atoms with Crippen molar-refractivity contribution in [3.63, 3.8) is 0 Å². The van der Waals surface area contributed by atoms with Crippen LogP contribution >= 0.6 is 23.2 Å². The first-order valence-electron chi connectivity index (χ1n) is 8.79. The topological polar surface area (TPSA) is 53.4 Å². The number of benzene rings is 2. The number of fused-ring (bicyclic) bond motifs is 1. The third-order valence-corrected chi connectivity index (χ3v) is 5.63. The first kappa shape index (κ1) is 18.2. The number of likely N-dealkylation sites (tertiary alicyclic amines) is 1. The van der Waals surface area contributed by atoms with Gasteiger partial charge in [-0.15, -0.1) is 0 Å². The van der Waals surface area contributed by atoms with Crippen molar-refractivity contribution in [3.05, 3.63) is 75.9 Å². The number of halogens is 2. The Morgan fingerprint density at radius 3 is 2.56 bits per heavy atom. The minimum Gasteiger partial charge on any atom is -0.391 e. The maximum absolute atomic E-state index is 12.8. The smallest absolute Gasteiger partial charge is 0.256 e. The van der Waals surface area contributed by atoms with Crippen LogP contribution in [0.4, 0.5) is 0 Å². The lowest BCUT2D eigenvalue weighted by molar-refractivity contribution is 0.0765. The van der Waals surface area contributed by atoms with Crippen LogP contribution in [0.3, 0.4) is 0 Å².